The quantitative estimate of drug-likeness (QED) is 0.869. The molecule has 1 fully saturated rings. The number of carbonyl (C=O) groups excluding carboxylic acids is 1. The van der Waals surface area contributed by atoms with Crippen molar-refractivity contribution in [1.29, 1.82) is 0 Å². The standard InChI is InChI=1S/C15H25N5O/c1-15(2,3)14-17-7-4-13(19-14)18-11-5-8-20(9-6-11)10-12(16)21/h4,7,11H,5-6,8-10H2,1-3H3,(H2,16,21)(H,17,18,19). The van der Waals surface area contributed by atoms with Crippen molar-refractivity contribution in [2.75, 3.05) is 25.0 Å². The minimum atomic E-state index is -0.257. The molecule has 0 aliphatic carbocycles. The van der Waals surface area contributed by atoms with Crippen LogP contribution in [0, 0.1) is 0 Å². The second-order valence-corrected chi connectivity index (χ2v) is 6.68. The summed E-state index contributed by atoms with van der Waals surface area (Å²) in [5, 5.41) is 3.47. The summed E-state index contributed by atoms with van der Waals surface area (Å²) in [5.41, 5.74) is 5.17. The average Bonchev–Trinajstić information content (AvgIpc) is 2.40. The fourth-order valence-electron chi connectivity index (χ4n) is 2.47. The van der Waals surface area contributed by atoms with Crippen LogP contribution in [0.3, 0.4) is 0 Å². The first-order valence-electron chi connectivity index (χ1n) is 7.45. The molecule has 6 nitrogen and oxygen atoms in total. The third-order valence-electron chi connectivity index (χ3n) is 3.65. The second kappa shape index (κ2) is 6.39. The molecular weight excluding hydrogens is 266 g/mol. The van der Waals surface area contributed by atoms with E-state index >= 15 is 0 Å². The van der Waals surface area contributed by atoms with Crippen LogP contribution >= 0.6 is 0 Å². The van der Waals surface area contributed by atoms with Gasteiger partial charge in [-0.15, -0.1) is 0 Å². The van der Waals surface area contributed by atoms with Crippen LogP contribution in [0.2, 0.25) is 0 Å². The van der Waals surface area contributed by atoms with Crippen LogP contribution < -0.4 is 11.1 Å². The predicted octanol–water partition coefficient (Wildman–Crippen LogP) is 1.14. The van der Waals surface area contributed by atoms with Gasteiger partial charge in [-0.1, -0.05) is 20.8 Å². The van der Waals surface area contributed by atoms with Gasteiger partial charge in [-0.05, 0) is 18.9 Å². The molecular formula is C15H25N5O. The number of hydrogen-bond donors (Lipinski definition) is 2. The first-order valence-corrected chi connectivity index (χ1v) is 7.45. The van der Waals surface area contributed by atoms with Crippen LogP contribution in [0.4, 0.5) is 5.82 Å². The van der Waals surface area contributed by atoms with Gasteiger partial charge in [-0.2, -0.15) is 0 Å². The molecule has 2 heterocycles. The van der Waals surface area contributed by atoms with Gasteiger partial charge in [0.1, 0.15) is 11.6 Å². The van der Waals surface area contributed by atoms with Crippen LogP contribution in [0.1, 0.15) is 39.4 Å². The van der Waals surface area contributed by atoms with E-state index in [0.29, 0.717) is 12.6 Å². The Morgan fingerprint density at radius 2 is 2.10 bits per heavy atom. The molecule has 0 radical (unpaired) electrons. The molecule has 0 saturated carbocycles. The molecule has 0 atom stereocenters. The fraction of sp³-hybridized carbons (Fsp3) is 0.667. The predicted molar refractivity (Wildman–Crippen MR) is 83.0 cm³/mol. The maximum atomic E-state index is 10.9. The Morgan fingerprint density at radius 1 is 1.43 bits per heavy atom. The number of primary amides is 1. The summed E-state index contributed by atoms with van der Waals surface area (Å²) < 4.78 is 0. The van der Waals surface area contributed by atoms with Gasteiger partial charge in [-0.3, -0.25) is 9.69 Å². The summed E-state index contributed by atoms with van der Waals surface area (Å²) in [7, 11) is 0. The molecule has 1 aliphatic rings. The third-order valence-corrected chi connectivity index (χ3v) is 3.65. The van der Waals surface area contributed by atoms with Gasteiger partial charge in [0, 0.05) is 30.7 Å². The zero-order chi connectivity index (χ0) is 15.5. The summed E-state index contributed by atoms with van der Waals surface area (Å²) in [5.74, 6) is 1.47. The van der Waals surface area contributed by atoms with Gasteiger partial charge >= 0.3 is 0 Å². The first-order chi connectivity index (χ1) is 9.84. The van der Waals surface area contributed by atoms with Crippen molar-refractivity contribution in [3.8, 4) is 0 Å². The maximum absolute atomic E-state index is 10.9. The largest absolute Gasteiger partial charge is 0.369 e. The number of hydrogen-bond acceptors (Lipinski definition) is 5. The maximum Gasteiger partial charge on any atom is 0.231 e. The Labute approximate surface area is 126 Å². The minimum Gasteiger partial charge on any atom is -0.369 e. The van der Waals surface area contributed by atoms with Gasteiger partial charge in [0.25, 0.3) is 0 Å². The van der Waals surface area contributed by atoms with E-state index in [-0.39, 0.29) is 11.3 Å². The number of nitrogens with two attached hydrogens (primary N) is 1. The minimum absolute atomic E-state index is 0.0530. The van der Waals surface area contributed by atoms with Crippen molar-refractivity contribution in [3.05, 3.63) is 18.1 Å². The average molecular weight is 291 g/mol. The SMILES string of the molecule is CC(C)(C)c1nccc(NC2CCN(CC(N)=O)CC2)n1. The first kappa shape index (κ1) is 15.7. The van der Waals surface area contributed by atoms with Crippen molar-refractivity contribution >= 4 is 11.7 Å². The molecule has 3 N–H and O–H groups in total. The molecule has 0 bridgehead atoms. The summed E-state index contributed by atoms with van der Waals surface area (Å²) in [6, 6.07) is 2.29. The van der Waals surface area contributed by atoms with Crippen LogP contribution in [0.5, 0.6) is 0 Å². The highest BCUT2D eigenvalue weighted by molar-refractivity contribution is 5.75. The van der Waals surface area contributed by atoms with Gasteiger partial charge in [0.15, 0.2) is 0 Å². The Balaban J connectivity index is 1.90. The lowest BCUT2D eigenvalue weighted by Crippen LogP contribution is -2.43. The Hall–Kier alpha value is -1.69. The molecule has 0 aromatic carbocycles. The molecule has 21 heavy (non-hydrogen) atoms. The number of anilines is 1. The van der Waals surface area contributed by atoms with Gasteiger partial charge in [0.2, 0.25) is 5.91 Å². The van der Waals surface area contributed by atoms with E-state index in [9.17, 15) is 4.79 Å². The Bertz CT molecular complexity index is 489. The Kier molecular flexibility index (Phi) is 4.77. The number of aromatic nitrogens is 2. The Morgan fingerprint density at radius 3 is 2.67 bits per heavy atom. The number of amides is 1. The smallest absolute Gasteiger partial charge is 0.231 e. The van der Waals surface area contributed by atoms with Crippen LogP contribution in [0.15, 0.2) is 12.3 Å². The normalized spacial score (nSPS) is 17.7. The van der Waals surface area contributed by atoms with Crippen molar-refractivity contribution in [1.82, 2.24) is 14.9 Å². The number of rotatable bonds is 4. The van der Waals surface area contributed by atoms with E-state index in [2.05, 4.69) is 41.0 Å². The third kappa shape index (κ3) is 4.67. The van der Waals surface area contributed by atoms with Crippen molar-refractivity contribution in [3.63, 3.8) is 0 Å². The molecule has 6 heteroatoms. The molecule has 1 saturated heterocycles. The monoisotopic (exact) mass is 291 g/mol. The molecule has 0 spiro atoms. The lowest BCUT2D eigenvalue weighted by Gasteiger charge is -2.31. The van der Waals surface area contributed by atoms with E-state index in [1.165, 1.54) is 0 Å². The van der Waals surface area contributed by atoms with Gasteiger partial charge in [-0.25, -0.2) is 9.97 Å². The highest BCUT2D eigenvalue weighted by atomic mass is 16.1. The number of nitrogens with zero attached hydrogens (tertiary/aromatic N) is 3. The van der Waals surface area contributed by atoms with Crippen LogP contribution in [-0.4, -0.2) is 46.5 Å². The number of piperidine rings is 1. The summed E-state index contributed by atoms with van der Waals surface area (Å²) in [6.07, 6.45) is 3.78. The summed E-state index contributed by atoms with van der Waals surface area (Å²) >= 11 is 0. The zero-order valence-corrected chi connectivity index (χ0v) is 13.1. The molecule has 2 rings (SSSR count). The zero-order valence-electron chi connectivity index (χ0n) is 13.1. The van der Waals surface area contributed by atoms with Crippen molar-refractivity contribution < 1.29 is 4.79 Å². The highest BCUT2D eigenvalue weighted by Crippen LogP contribution is 2.20. The number of nitrogens with one attached hydrogen (secondary N) is 1. The van der Waals surface area contributed by atoms with Gasteiger partial charge < -0.3 is 11.1 Å². The lowest BCUT2D eigenvalue weighted by atomic mass is 9.96. The van der Waals surface area contributed by atoms with E-state index in [4.69, 9.17) is 5.73 Å². The van der Waals surface area contributed by atoms with E-state index in [1.807, 2.05) is 6.07 Å². The molecule has 1 aliphatic heterocycles. The second-order valence-electron chi connectivity index (χ2n) is 6.68. The fourth-order valence-corrected chi connectivity index (χ4v) is 2.47. The van der Waals surface area contributed by atoms with E-state index in [1.54, 1.807) is 6.20 Å². The molecule has 1 aromatic heterocycles. The van der Waals surface area contributed by atoms with Crippen LogP contribution in [-0.2, 0) is 10.2 Å². The van der Waals surface area contributed by atoms with Crippen molar-refractivity contribution in [2.45, 2.75) is 45.1 Å². The lowest BCUT2D eigenvalue weighted by molar-refractivity contribution is -0.119. The molecule has 1 amide bonds. The summed E-state index contributed by atoms with van der Waals surface area (Å²) in [4.78, 5) is 22.0. The van der Waals surface area contributed by atoms with Gasteiger partial charge in [0.05, 0.1) is 6.54 Å². The topological polar surface area (TPSA) is 84.1 Å². The van der Waals surface area contributed by atoms with Crippen molar-refractivity contribution in [2.24, 2.45) is 5.73 Å². The molecule has 0 unspecified atom stereocenters. The van der Waals surface area contributed by atoms with E-state index < -0.39 is 0 Å². The highest BCUT2D eigenvalue weighted by Gasteiger charge is 2.21. The number of likely N-dealkylation sites (tertiary alicyclic amines) is 1. The number of carbonyl (C=O) groups is 1. The van der Waals surface area contributed by atoms with Crippen LogP contribution in [0.25, 0.3) is 0 Å². The molecule has 1 aromatic rings. The summed E-state index contributed by atoms with van der Waals surface area (Å²) in [6.45, 7) is 8.45. The van der Waals surface area contributed by atoms with E-state index in [0.717, 1.165) is 37.6 Å². The molecule has 116 valence electrons.